The van der Waals surface area contributed by atoms with Gasteiger partial charge in [-0.25, -0.2) is 0 Å². The van der Waals surface area contributed by atoms with Crippen molar-refractivity contribution in [2.45, 2.75) is 44.4 Å². The van der Waals surface area contributed by atoms with Gasteiger partial charge in [-0.1, -0.05) is 11.6 Å². The lowest BCUT2D eigenvalue weighted by Crippen LogP contribution is -2.36. The maximum absolute atomic E-state index is 13.1. The summed E-state index contributed by atoms with van der Waals surface area (Å²) in [5.41, 5.74) is 4.67. The molecule has 0 unspecified atom stereocenters. The van der Waals surface area contributed by atoms with Crippen molar-refractivity contribution in [3.63, 3.8) is 0 Å². The Kier molecular flexibility index (Phi) is 7.57. The summed E-state index contributed by atoms with van der Waals surface area (Å²) in [6.45, 7) is -0.219. The standard InChI is InChI=1S/C28H26ClIN2O5/c1-36-23-13-15(12-18(30)28(23)37-14-24(35)31-17-10-8-16(29)9-11-17)25-26-19(4-2-6-21(26)33)32-20-5-3-7-22(34)27(20)25/h8-13,25,32H,2-7,14H2,1H3,(H,31,35). The molecule has 0 saturated heterocycles. The molecule has 1 amide bonds. The molecule has 1 aliphatic heterocycles. The number of dihydropyridines is 1. The molecule has 2 aromatic rings. The van der Waals surface area contributed by atoms with Gasteiger partial charge in [-0.2, -0.15) is 0 Å². The zero-order valence-corrected chi connectivity index (χ0v) is 23.2. The van der Waals surface area contributed by atoms with Gasteiger partial charge in [-0.15, -0.1) is 0 Å². The summed E-state index contributed by atoms with van der Waals surface area (Å²) in [5.74, 6) is 0.272. The molecule has 0 atom stereocenters. The second kappa shape index (κ2) is 10.9. The highest BCUT2D eigenvalue weighted by molar-refractivity contribution is 14.1. The molecule has 3 aliphatic rings. The molecule has 0 saturated carbocycles. The van der Waals surface area contributed by atoms with Crippen LogP contribution in [0.5, 0.6) is 11.5 Å². The van der Waals surface area contributed by atoms with Crippen LogP contribution in [0.3, 0.4) is 0 Å². The number of carbonyl (C=O) groups excluding carboxylic acids is 3. The first-order valence-electron chi connectivity index (χ1n) is 12.2. The minimum Gasteiger partial charge on any atom is -0.493 e. The Bertz CT molecular complexity index is 1310. The van der Waals surface area contributed by atoms with E-state index in [0.29, 0.717) is 46.2 Å². The third-order valence-corrected chi connectivity index (χ3v) is 7.91. The predicted octanol–water partition coefficient (Wildman–Crippen LogP) is 5.67. The number of hydrogen-bond acceptors (Lipinski definition) is 6. The number of benzene rings is 2. The van der Waals surface area contributed by atoms with E-state index in [4.69, 9.17) is 21.1 Å². The number of ketones is 2. The van der Waals surface area contributed by atoms with Gasteiger partial charge in [0.25, 0.3) is 5.91 Å². The SMILES string of the molecule is COc1cc(C2C3=C(CCCC3=O)NC3=C2C(=O)CCC3)cc(I)c1OCC(=O)Nc1ccc(Cl)cc1. The van der Waals surface area contributed by atoms with Crippen molar-refractivity contribution >= 4 is 57.4 Å². The van der Waals surface area contributed by atoms with Crippen molar-refractivity contribution in [1.82, 2.24) is 5.32 Å². The van der Waals surface area contributed by atoms with Gasteiger partial charge >= 0.3 is 0 Å². The zero-order valence-electron chi connectivity index (χ0n) is 20.3. The van der Waals surface area contributed by atoms with Gasteiger partial charge < -0.3 is 20.1 Å². The van der Waals surface area contributed by atoms with Crippen molar-refractivity contribution in [1.29, 1.82) is 0 Å². The molecule has 9 heteroatoms. The lowest BCUT2D eigenvalue weighted by atomic mass is 9.71. The van der Waals surface area contributed by atoms with Gasteiger partial charge in [-0.05, 0) is 90.2 Å². The fourth-order valence-corrected chi connectivity index (χ4v) is 6.14. The van der Waals surface area contributed by atoms with Gasteiger partial charge in [0.2, 0.25) is 0 Å². The summed E-state index contributed by atoms with van der Waals surface area (Å²) < 4.78 is 12.2. The van der Waals surface area contributed by atoms with Gasteiger partial charge in [0, 0.05) is 52.0 Å². The van der Waals surface area contributed by atoms with Crippen molar-refractivity contribution < 1.29 is 23.9 Å². The number of nitrogens with one attached hydrogen (secondary N) is 2. The lowest BCUT2D eigenvalue weighted by Gasteiger charge is -2.37. The van der Waals surface area contributed by atoms with Crippen LogP contribution in [0.15, 0.2) is 58.9 Å². The van der Waals surface area contributed by atoms with E-state index in [2.05, 4.69) is 33.2 Å². The Morgan fingerprint density at radius 1 is 1.03 bits per heavy atom. The Hall–Kier alpha value is -2.85. The first-order chi connectivity index (χ1) is 17.9. The predicted molar refractivity (Wildman–Crippen MR) is 149 cm³/mol. The minimum absolute atomic E-state index is 0.0804. The molecule has 0 aromatic heterocycles. The third-order valence-electron chi connectivity index (χ3n) is 6.85. The van der Waals surface area contributed by atoms with Crippen LogP contribution in [0.4, 0.5) is 5.69 Å². The Morgan fingerprint density at radius 2 is 1.65 bits per heavy atom. The molecule has 2 aliphatic carbocycles. The van der Waals surface area contributed by atoms with Crippen molar-refractivity contribution in [3.05, 3.63) is 73.1 Å². The van der Waals surface area contributed by atoms with E-state index in [9.17, 15) is 14.4 Å². The van der Waals surface area contributed by atoms with E-state index in [-0.39, 0.29) is 24.1 Å². The molecular formula is C28H26ClIN2O5. The average molecular weight is 633 g/mol. The first kappa shape index (κ1) is 25.8. The van der Waals surface area contributed by atoms with Crippen LogP contribution in [-0.2, 0) is 14.4 Å². The summed E-state index contributed by atoms with van der Waals surface area (Å²) in [5, 5.41) is 6.79. The number of anilines is 1. The maximum atomic E-state index is 13.1. The number of halogens is 2. The van der Waals surface area contributed by atoms with Crippen LogP contribution in [-0.4, -0.2) is 31.2 Å². The summed E-state index contributed by atoms with van der Waals surface area (Å²) in [6, 6.07) is 10.6. The Balaban J connectivity index is 1.45. The first-order valence-corrected chi connectivity index (χ1v) is 13.7. The highest BCUT2D eigenvalue weighted by Gasteiger charge is 2.40. The molecule has 0 fully saturated rings. The summed E-state index contributed by atoms with van der Waals surface area (Å²) in [6.07, 6.45) is 4.15. The number of hydrogen-bond donors (Lipinski definition) is 2. The molecule has 37 heavy (non-hydrogen) atoms. The molecule has 192 valence electrons. The number of ether oxygens (including phenoxy) is 2. The smallest absolute Gasteiger partial charge is 0.262 e. The number of methoxy groups -OCH3 is 1. The Morgan fingerprint density at radius 3 is 2.24 bits per heavy atom. The van der Waals surface area contributed by atoms with Crippen molar-refractivity contribution in [2.75, 3.05) is 19.0 Å². The topological polar surface area (TPSA) is 93.7 Å². The molecule has 0 radical (unpaired) electrons. The van der Waals surface area contributed by atoms with Crippen molar-refractivity contribution in [2.24, 2.45) is 0 Å². The van der Waals surface area contributed by atoms with Crippen molar-refractivity contribution in [3.8, 4) is 11.5 Å². The quantitative estimate of drug-likeness (QED) is 0.399. The van der Waals surface area contributed by atoms with E-state index < -0.39 is 5.92 Å². The van der Waals surface area contributed by atoms with E-state index in [1.54, 1.807) is 24.3 Å². The number of allylic oxidation sites excluding steroid dienone is 4. The van der Waals surface area contributed by atoms with E-state index in [0.717, 1.165) is 46.2 Å². The van der Waals surface area contributed by atoms with Crippen LogP contribution in [0.2, 0.25) is 5.02 Å². The lowest BCUT2D eigenvalue weighted by molar-refractivity contribution is -0.118. The van der Waals surface area contributed by atoms with Crippen LogP contribution < -0.4 is 20.1 Å². The van der Waals surface area contributed by atoms with E-state index in [1.165, 1.54) is 7.11 Å². The summed E-state index contributed by atoms with van der Waals surface area (Å²) in [4.78, 5) is 38.7. The fraction of sp³-hybridized carbons (Fsp3) is 0.321. The molecule has 5 rings (SSSR count). The second-order valence-corrected chi connectivity index (χ2v) is 10.9. The monoisotopic (exact) mass is 632 g/mol. The fourth-order valence-electron chi connectivity index (χ4n) is 5.23. The molecule has 2 N–H and O–H groups in total. The maximum Gasteiger partial charge on any atom is 0.262 e. The summed E-state index contributed by atoms with van der Waals surface area (Å²) >= 11 is 8.04. The van der Waals surface area contributed by atoms with Gasteiger partial charge in [0.05, 0.1) is 10.7 Å². The van der Waals surface area contributed by atoms with Crippen LogP contribution >= 0.6 is 34.2 Å². The second-order valence-electron chi connectivity index (χ2n) is 9.27. The number of carbonyl (C=O) groups is 3. The Labute approximate surface area is 233 Å². The highest BCUT2D eigenvalue weighted by Crippen LogP contribution is 2.47. The number of Topliss-reactive ketones (excluding diaryl/α,β-unsaturated/α-hetero) is 2. The molecule has 0 spiro atoms. The number of amides is 1. The minimum atomic E-state index is -0.434. The van der Waals surface area contributed by atoms with Gasteiger partial charge in [-0.3, -0.25) is 14.4 Å². The largest absolute Gasteiger partial charge is 0.493 e. The average Bonchev–Trinajstić information content (AvgIpc) is 2.88. The zero-order chi connectivity index (χ0) is 26.1. The number of rotatable bonds is 6. The van der Waals surface area contributed by atoms with Crippen LogP contribution in [0, 0.1) is 3.57 Å². The highest BCUT2D eigenvalue weighted by atomic mass is 127. The van der Waals surface area contributed by atoms with Crippen LogP contribution in [0.25, 0.3) is 0 Å². The molecule has 1 heterocycles. The summed E-state index contributed by atoms with van der Waals surface area (Å²) in [7, 11) is 1.53. The van der Waals surface area contributed by atoms with E-state index in [1.807, 2.05) is 12.1 Å². The third kappa shape index (κ3) is 5.27. The molecular weight excluding hydrogens is 607 g/mol. The van der Waals surface area contributed by atoms with Gasteiger partial charge in [0.1, 0.15) is 0 Å². The molecule has 0 bridgehead atoms. The van der Waals surface area contributed by atoms with E-state index >= 15 is 0 Å². The molecule has 7 nitrogen and oxygen atoms in total. The van der Waals surface area contributed by atoms with Gasteiger partial charge in [0.15, 0.2) is 29.7 Å². The normalized spacial score (nSPS) is 17.7. The molecule has 2 aromatic carbocycles. The van der Waals surface area contributed by atoms with Crippen LogP contribution in [0.1, 0.15) is 50.0 Å².